The predicted molar refractivity (Wildman–Crippen MR) is 94.0 cm³/mol. The molecule has 2 aromatic rings. The van der Waals surface area contributed by atoms with Crippen LogP contribution in [0.1, 0.15) is 32.6 Å². The first-order chi connectivity index (χ1) is 11.5. The van der Waals surface area contributed by atoms with Crippen molar-refractivity contribution in [2.75, 3.05) is 12.4 Å². The number of esters is 1. The zero-order chi connectivity index (χ0) is 17.3. The Balaban J connectivity index is 1.83. The van der Waals surface area contributed by atoms with Gasteiger partial charge in [0.2, 0.25) is 0 Å². The summed E-state index contributed by atoms with van der Waals surface area (Å²) >= 11 is 0. The summed E-state index contributed by atoms with van der Waals surface area (Å²) in [4.78, 5) is 24.4. The van der Waals surface area contributed by atoms with Crippen LogP contribution in [-0.4, -0.2) is 19.0 Å². The number of methoxy groups -OCH3 is 1. The van der Waals surface area contributed by atoms with Crippen LogP contribution in [-0.2, 0) is 16.0 Å². The Hall–Kier alpha value is -2.88. The molecule has 0 atom stereocenters. The Labute approximate surface area is 141 Å². The summed E-state index contributed by atoms with van der Waals surface area (Å²) in [6, 6.07) is 11.1. The molecular weight excluding hydrogens is 302 g/mol. The third-order valence-corrected chi connectivity index (χ3v) is 4.34. The fourth-order valence-corrected chi connectivity index (χ4v) is 2.86. The van der Waals surface area contributed by atoms with Crippen molar-refractivity contribution in [1.29, 1.82) is 0 Å². The van der Waals surface area contributed by atoms with Crippen LogP contribution in [0, 0.1) is 13.8 Å². The standard InChI is InChI=1S/C20H19NO3/c1-12-8-14-10-16(11-15(14)9-13(12)2)19(22)21-18-7-5-4-6-17(18)20(23)24-3/h4-10H,11H2,1-3H3,(H,21,22). The molecule has 0 radical (unpaired) electrons. The third-order valence-electron chi connectivity index (χ3n) is 4.34. The lowest BCUT2D eigenvalue weighted by Gasteiger charge is -2.10. The molecule has 1 aliphatic rings. The SMILES string of the molecule is COC(=O)c1ccccc1NC(=O)C1=Cc2cc(C)c(C)cc2C1. The summed E-state index contributed by atoms with van der Waals surface area (Å²) < 4.78 is 4.76. The molecule has 0 bridgehead atoms. The van der Waals surface area contributed by atoms with E-state index in [1.165, 1.54) is 18.2 Å². The van der Waals surface area contributed by atoms with Crippen molar-refractivity contribution in [2.45, 2.75) is 20.3 Å². The van der Waals surface area contributed by atoms with Gasteiger partial charge in [-0.15, -0.1) is 0 Å². The van der Waals surface area contributed by atoms with Crippen LogP contribution in [0.25, 0.3) is 6.08 Å². The summed E-state index contributed by atoms with van der Waals surface area (Å²) in [6.45, 7) is 4.13. The largest absolute Gasteiger partial charge is 0.465 e. The number of rotatable bonds is 3. The van der Waals surface area contributed by atoms with Crippen LogP contribution in [0.3, 0.4) is 0 Å². The molecule has 0 unspecified atom stereocenters. The van der Waals surface area contributed by atoms with E-state index >= 15 is 0 Å². The van der Waals surface area contributed by atoms with Crippen molar-refractivity contribution in [3.05, 3.63) is 69.8 Å². The van der Waals surface area contributed by atoms with Gasteiger partial charge in [-0.05, 0) is 54.3 Å². The molecule has 24 heavy (non-hydrogen) atoms. The summed E-state index contributed by atoms with van der Waals surface area (Å²) in [7, 11) is 1.32. The highest BCUT2D eigenvalue weighted by molar-refractivity contribution is 6.10. The Bertz CT molecular complexity index is 865. The topological polar surface area (TPSA) is 55.4 Å². The maximum Gasteiger partial charge on any atom is 0.339 e. The highest BCUT2D eigenvalue weighted by atomic mass is 16.5. The molecule has 0 saturated heterocycles. The van der Waals surface area contributed by atoms with Crippen LogP contribution in [0.4, 0.5) is 5.69 Å². The zero-order valence-corrected chi connectivity index (χ0v) is 14.0. The van der Waals surface area contributed by atoms with Crippen molar-refractivity contribution < 1.29 is 14.3 Å². The minimum atomic E-state index is -0.471. The van der Waals surface area contributed by atoms with Gasteiger partial charge in [-0.25, -0.2) is 4.79 Å². The number of amides is 1. The van der Waals surface area contributed by atoms with Crippen molar-refractivity contribution >= 4 is 23.6 Å². The fraction of sp³-hybridized carbons (Fsp3) is 0.200. The molecule has 0 fully saturated rings. The minimum absolute atomic E-state index is 0.196. The van der Waals surface area contributed by atoms with Gasteiger partial charge in [-0.2, -0.15) is 0 Å². The number of anilines is 1. The van der Waals surface area contributed by atoms with E-state index in [9.17, 15) is 9.59 Å². The van der Waals surface area contributed by atoms with E-state index in [4.69, 9.17) is 4.74 Å². The first-order valence-electron chi connectivity index (χ1n) is 7.79. The summed E-state index contributed by atoms with van der Waals surface area (Å²) in [5.74, 6) is -0.668. The van der Waals surface area contributed by atoms with Crippen molar-refractivity contribution in [1.82, 2.24) is 0 Å². The normalized spacial score (nSPS) is 12.4. The van der Waals surface area contributed by atoms with Gasteiger partial charge in [0.1, 0.15) is 0 Å². The smallest absolute Gasteiger partial charge is 0.339 e. The lowest BCUT2D eigenvalue weighted by Crippen LogP contribution is -2.17. The number of fused-ring (bicyclic) bond motifs is 1. The maximum atomic E-state index is 12.6. The van der Waals surface area contributed by atoms with Crippen LogP contribution in [0.5, 0.6) is 0 Å². The number of hydrogen-bond donors (Lipinski definition) is 1. The molecule has 0 aromatic heterocycles. The third kappa shape index (κ3) is 2.95. The predicted octanol–water partition coefficient (Wildman–Crippen LogP) is 3.67. The molecule has 1 amide bonds. The van der Waals surface area contributed by atoms with E-state index in [0.29, 0.717) is 23.2 Å². The molecule has 3 rings (SSSR count). The van der Waals surface area contributed by atoms with Gasteiger partial charge in [0.15, 0.2) is 0 Å². The molecule has 0 aliphatic heterocycles. The average molecular weight is 321 g/mol. The summed E-state index contributed by atoms with van der Waals surface area (Å²) in [5.41, 5.74) is 6.17. The van der Waals surface area contributed by atoms with Crippen molar-refractivity contribution in [2.24, 2.45) is 0 Å². The molecule has 1 N–H and O–H groups in total. The van der Waals surface area contributed by atoms with E-state index in [2.05, 4.69) is 31.3 Å². The Morgan fingerprint density at radius 2 is 1.79 bits per heavy atom. The Kier molecular flexibility index (Phi) is 4.21. The number of para-hydroxylation sites is 1. The number of carbonyl (C=O) groups is 2. The number of ether oxygens (including phenoxy) is 1. The quantitative estimate of drug-likeness (QED) is 0.878. The second-order valence-electron chi connectivity index (χ2n) is 5.97. The van der Waals surface area contributed by atoms with Crippen molar-refractivity contribution in [3.8, 4) is 0 Å². The van der Waals surface area contributed by atoms with Gasteiger partial charge < -0.3 is 10.1 Å². The monoisotopic (exact) mass is 321 g/mol. The molecule has 4 nitrogen and oxygen atoms in total. The Morgan fingerprint density at radius 1 is 1.08 bits per heavy atom. The minimum Gasteiger partial charge on any atom is -0.465 e. The van der Waals surface area contributed by atoms with Gasteiger partial charge >= 0.3 is 5.97 Å². The maximum absolute atomic E-state index is 12.6. The second-order valence-corrected chi connectivity index (χ2v) is 5.97. The van der Waals surface area contributed by atoms with Crippen LogP contribution < -0.4 is 5.32 Å². The van der Waals surface area contributed by atoms with Gasteiger partial charge in [0.05, 0.1) is 18.4 Å². The number of hydrogen-bond acceptors (Lipinski definition) is 3. The highest BCUT2D eigenvalue weighted by Crippen LogP contribution is 2.28. The van der Waals surface area contributed by atoms with Crippen LogP contribution >= 0.6 is 0 Å². The second kappa shape index (κ2) is 6.32. The lowest BCUT2D eigenvalue weighted by molar-refractivity contribution is -0.112. The van der Waals surface area contributed by atoms with Gasteiger partial charge in [0.25, 0.3) is 5.91 Å². The molecule has 2 aromatic carbocycles. The van der Waals surface area contributed by atoms with Crippen LogP contribution in [0.2, 0.25) is 0 Å². The van der Waals surface area contributed by atoms with Gasteiger partial charge in [0, 0.05) is 12.0 Å². The highest BCUT2D eigenvalue weighted by Gasteiger charge is 2.21. The molecule has 0 heterocycles. The number of carbonyl (C=O) groups excluding carboxylic acids is 2. The molecule has 122 valence electrons. The van der Waals surface area contributed by atoms with Crippen molar-refractivity contribution in [3.63, 3.8) is 0 Å². The molecule has 0 saturated carbocycles. The molecule has 4 heteroatoms. The van der Waals surface area contributed by atoms with Gasteiger partial charge in [-0.3, -0.25) is 4.79 Å². The summed E-state index contributed by atoms with van der Waals surface area (Å²) in [6.07, 6.45) is 2.51. The molecule has 1 aliphatic carbocycles. The van der Waals surface area contributed by atoms with E-state index in [-0.39, 0.29) is 5.91 Å². The molecule has 0 spiro atoms. The van der Waals surface area contributed by atoms with Crippen LogP contribution in [0.15, 0.2) is 42.0 Å². The number of benzene rings is 2. The van der Waals surface area contributed by atoms with E-state index in [0.717, 1.165) is 11.1 Å². The van der Waals surface area contributed by atoms with E-state index in [1.807, 2.05) is 6.08 Å². The lowest BCUT2D eigenvalue weighted by atomic mass is 10.0. The zero-order valence-electron chi connectivity index (χ0n) is 14.0. The van der Waals surface area contributed by atoms with E-state index < -0.39 is 5.97 Å². The fourth-order valence-electron chi connectivity index (χ4n) is 2.86. The first-order valence-corrected chi connectivity index (χ1v) is 7.79. The number of aryl methyl sites for hydroxylation is 2. The summed E-state index contributed by atoms with van der Waals surface area (Å²) in [5, 5.41) is 2.82. The van der Waals surface area contributed by atoms with Gasteiger partial charge in [-0.1, -0.05) is 24.3 Å². The van der Waals surface area contributed by atoms with E-state index in [1.54, 1.807) is 24.3 Å². The average Bonchev–Trinajstić information content (AvgIpc) is 2.98. The Morgan fingerprint density at radius 3 is 2.54 bits per heavy atom. The molecular formula is C20H19NO3. The first kappa shape index (κ1) is 16.0. The number of nitrogens with one attached hydrogen (secondary N) is 1.